The van der Waals surface area contributed by atoms with Crippen LogP contribution >= 0.6 is 0 Å². The van der Waals surface area contributed by atoms with Gasteiger partial charge in [-0.2, -0.15) is 0 Å². The lowest BCUT2D eigenvalue weighted by Gasteiger charge is -2.28. The Kier molecular flexibility index (Phi) is 5.28. The fourth-order valence-electron chi connectivity index (χ4n) is 3.60. The van der Waals surface area contributed by atoms with Crippen LogP contribution in [0.5, 0.6) is 0 Å². The monoisotopic (exact) mass is 409 g/mol. The molecule has 0 spiro atoms. The molecule has 0 unspecified atom stereocenters. The fourth-order valence-corrected chi connectivity index (χ4v) is 4.99. The quantitative estimate of drug-likeness (QED) is 0.641. The topological polar surface area (TPSA) is 67.6 Å². The van der Waals surface area contributed by atoms with E-state index >= 15 is 0 Å². The Balaban J connectivity index is 1.43. The molecular weight excluding hydrogens is 386 g/mol. The minimum Gasteiger partial charge on any atom is -0.455 e. The SMILES string of the molecule is Cc1ccc(CS(=O)(=O)Cc2ccc(C(=O)N3CCc4ccccc4C3)o2)cc1. The van der Waals surface area contributed by atoms with E-state index in [9.17, 15) is 13.2 Å². The normalized spacial score (nSPS) is 13.9. The highest BCUT2D eigenvalue weighted by Gasteiger charge is 2.24. The first-order valence-corrected chi connectivity index (χ1v) is 11.4. The van der Waals surface area contributed by atoms with E-state index in [1.807, 2.05) is 49.4 Å². The highest BCUT2D eigenvalue weighted by atomic mass is 32.2. The van der Waals surface area contributed by atoms with E-state index in [-0.39, 0.29) is 28.9 Å². The van der Waals surface area contributed by atoms with Crippen molar-refractivity contribution < 1.29 is 17.6 Å². The van der Waals surface area contributed by atoms with Crippen LogP contribution in [-0.2, 0) is 34.3 Å². The smallest absolute Gasteiger partial charge is 0.289 e. The zero-order valence-corrected chi connectivity index (χ0v) is 17.1. The standard InChI is InChI=1S/C23H23NO4S/c1-17-6-8-18(9-7-17)15-29(26,27)16-21-10-11-22(28-21)23(25)24-13-12-19-4-2-3-5-20(19)14-24/h2-11H,12-16H2,1H3. The van der Waals surface area contributed by atoms with E-state index in [2.05, 4.69) is 6.07 Å². The highest BCUT2D eigenvalue weighted by molar-refractivity contribution is 7.89. The van der Waals surface area contributed by atoms with Crippen LogP contribution in [0, 0.1) is 6.92 Å². The van der Waals surface area contributed by atoms with Gasteiger partial charge in [0.25, 0.3) is 5.91 Å². The Labute approximate surface area is 170 Å². The molecule has 2 aromatic carbocycles. The Morgan fingerprint density at radius 1 is 0.966 bits per heavy atom. The molecule has 150 valence electrons. The van der Waals surface area contributed by atoms with Crippen molar-refractivity contribution >= 4 is 15.7 Å². The number of amides is 1. The molecule has 0 saturated carbocycles. The van der Waals surface area contributed by atoms with Crippen molar-refractivity contribution in [2.75, 3.05) is 6.54 Å². The predicted octanol–water partition coefficient (Wildman–Crippen LogP) is 3.90. The summed E-state index contributed by atoms with van der Waals surface area (Å²) in [6, 6.07) is 18.7. The van der Waals surface area contributed by atoms with E-state index < -0.39 is 9.84 Å². The lowest BCUT2D eigenvalue weighted by molar-refractivity contribution is 0.0701. The molecule has 5 nitrogen and oxygen atoms in total. The maximum absolute atomic E-state index is 12.8. The zero-order chi connectivity index (χ0) is 20.4. The van der Waals surface area contributed by atoms with Gasteiger partial charge in [0.2, 0.25) is 0 Å². The first kappa shape index (κ1) is 19.5. The zero-order valence-electron chi connectivity index (χ0n) is 16.3. The number of rotatable bonds is 5. The van der Waals surface area contributed by atoms with Crippen molar-refractivity contribution in [3.63, 3.8) is 0 Å². The van der Waals surface area contributed by atoms with Crippen molar-refractivity contribution in [3.8, 4) is 0 Å². The van der Waals surface area contributed by atoms with Crippen LogP contribution in [-0.4, -0.2) is 25.8 Å². The first-order valence-electron chi connectivity index (χ1n) is 9.60. The molecule has 0 fully saturated rings. The van der Waals surface area contributed by atoms with Crippen molar-refractivity contribution in [3.05, 3.63) is 94.4 Å². The summed E-state index contributed by atoms with van der Waals surface area (Å²) in [6.07, 6.45) is 0.806. The minimum absolute atomic E-state index is 0.0554. The fraction of sp³-hybridized carbons (Fsp3) is 0.261. The summed E-state index contributed by atoms with van der Waals surface area (Å²) in [4.78, 5) is 14.5. The lowest BCUT2D eigenvalue weighted by Crippen LogP contribution is -2.35. The molecule has 2 heterocycles. The summed E-state index contributed by atoms with van der Waals surface area (Å²) in [6.45, 7) is 3.12. The molecule has 6 heteroatoms. The molecule has 0 N–H and O–H groups in total. The van der Waals surface area contributed by atoms with Gasteiger partial charge in [-0.1, -0.05) is 54.1 Å². The molecule has 0 saturated heterocycles. The van der Waals surface area contributed by atoms with Crippen molar-refractivity contribution in [1.29, 1.82) is 0 Å². The van der Waals surface area contributed by atoms with Crippen molar-refractivity contribution in [1.82, 2.24) is 4.90 Å². The summed E-state index contributed by atoms with van der Waals surface area (Å²) in [5, 5.41) is 0. The average Bonchev–Trinajstić information content (AvgIpc) is 3.16. The van der Waals surface area contributed by atoms with Crippen LogP contribution in [0.4, 0.5) is 0 Å². The summed E-state index contributed by atoms with van der Waals surface area (Å²) >= 11 is 0. The molecule has 1 amide bonds. The summed E-state index contributed by atoms with van der Waals surface area (Å²) in [5.41, 5.74) is 4.23. The third kappa shape index (κ3) is 4.59. The van der Waals surface area contributed by atoms with Crippen LogP contribution in [0.15, 0.2) is 65.1 Å². The van der Waals surface area contributed by atoms with E-state index in [1.165, 1.54) is 5.56 Å². The first-order chi connectivity index (χ1) is 13.9. The van der Waals surface area contributed by atoms with Gasteiger partial charge >= 0.3 is 0 Å². The molecule has 1 aromatic heterocycles. The Morgan fingerprint density at radius 2 is 1.69 bits per heavy atom. The maximum atomic E-state index is 12.8. The van der Waals surface area contributed by atoms with Gasteiger partial charge < -0.3 is 9.32 Å². The second-order valence-corrected chi connectivity index (χ2v) is 9.59. The molecule has 4 rings (SSSR count). The third-order valence-electron chi connectivity index (χ3n) is 5.16. The van der Waals surface area contributed by atoms with Crippen LogP contribution in [0.2, 0.25) is 0 Å². The van der Waals surface area contributed by atoms with E-state index in [1.54, 1.807) is 17.0 Å². The van der Waals surface area contributed by atoms with Gasteiger partial charge in [0.15, 0.2) is 15.6 Å². The third-order valence-corrected chi connectivity index (χ3v) is 6.66. The molecule has 3 aromatic rings. The molecule has 1 aliphatic rings. The van der Waals surface area contributed by atoms with Gasteiger partial charge in [-0.15, -0.1) is 0 Å². The number of sulfone groups is 1. The number of nitrogens with zero attached hydrogens (tertiary/aromatic N) is 1. The summed E-state index contributed by atoms with van der Waals surface area (Å²) in [5.74, 6) is -0.0126. The highest BCUT2D eigenvalue weighted by Crippen LogP contribution is 2.22. The van der Waals surface area contributed by atoms with Gasteiger partial charge in [0.05, 0.1) is 5.75 Å². The number of furan rings is 1. The molecule has 0 atom stereocenters. The minimum atomic E-state index is -3.40. The number of benzene rings is 2. The second kappa shape index (κ2) is 7.87. The summed E-state index contributed by atoms with van der Waals surface area (Å²) < 4.78 is 30.6. The molecular formula is C23H23NO4S. The van der Waals surface area contributed by atoms with Crippen LogP contribution < -0.4 is 0 Å². The summed E-state index contributed by atoms with van der Waals surface area (Å²) in [7, 11) is -3.40. The maximum Gasteiger partial charge on any atom is 0.289 e. The van der Waals surface area contributed by atoms with Gasteiger partial charge in [-0.05, 0) is 42.2 Å². The molecule has 29 heavy (non-hydrogen) atoms. The molecule has 0 radical (unpaired) electrons. The van der Waals surface area contributed by atoms with Gasteiger partial charge in [-0.3, -0.25) is 4.79 Å². The van der Waals surface area contributed by atoms with E-state index in [0.29, 0.717) is 13.1 Å². The Bertz CT molecular complexity index is 1130. The van der Waals surface area contributed by atoms with Crippen molar-refractivity contribution in [2.45, 2.75) is 31.4 Å². The lowest BCUT2D eigenvalue weighted by atomic mass is 10.00. The van der Waals surface area contributed by atoms with Crippen LogP contribution in [0.3, 0.4) is 0 Å². The molecule has 0 aliphatic carbocycles. The van der Waals surface area contributed by atoms with E-state index in [0.717, 1.165) is 23.1 Å². The van der Waals surface area contributed by atoms with Gasteiger partial charge in [0, 0.05) is 13.1 Å². The van der Waals surface area contributed by atoms with E-state index in [4.69, 9.17) is 4.42 Å². The largest absolute Gasteiger partial charge is 0.455 e. The number of hydrogen-bond donors (Lipinski definition) is 0. The van der Waals surface area contributed by atoms with Crippen LogP contribution in [0.25, 0.3) is 0 Å². The van der Waals surface area contributed by atoms with Crippen LogP contribution in [0.1, 0.15) is 38.6 Å². The van der Waals surface area contributed by atoms with Gasteiger partial charge in [-0.25, -0.2) is 8.42 Å². The number of aryl methyl sites for hydroxylation is 1. The van der Waals surface area contributed by atoms with Gasteiger partial charge in [0.1, 0.15) is 11.5 Å². The van der Waals surface area contributed by atoms with Crippen molar-refractivity contribution in [2.24, 2.45) is 0 Å². The molecule has 0 bridgehead atoms. The Morgan fingerprint density at radius 3 is 2.45 bits per heavy atom. The number of carbonyl (C=O) groups excluding carboxylic acids is 1. The number of fused-ring (bicyclic) bond motifs is 1. The second-order valence-electron chi connectivity index (χ2n) is 7.53. The Hall–Kier alpha value is -2.86. The number of hydrogen-bond acceptors (Lipinski definition) is 4. The average molecular weight is 410 g/mol. The molecule has 1 aliphatic heterocycles. The number of carbonyl (C=O) groups is 1. The predicted molar refractivity (Wildman–Crippen MR) is 111 cm³/mol.